The predicted molar refractivity (Wildman–Crippen MR) is 75.7 cm³/mol. The van der Waals surface area contributed by atoms with Gasteiger partial charge in [-0.05, 0) is 25.5 Å². The van der Waals surface area contributed by atoms with Gasteiger partial charge in [0, 0.05) is 24.7 Å². The number of esters is 1. The first-order chi connectivity index (χ1) is 9.70. The highest BCUT2D eigenvalue weighted by Crippen LogP contribution is 2.19. The number of aromatic nitrogens is 3. The maximum atomic E-state index is 11.3. The molecule has 0 atom stereocenters. The zero-order chi connectivity index (χ0) is 14.4. The number of carbonyl (C=O) groups excluding carboxylic acids is 1. The van der Waals surface area contributed by atoms with Gasteiger partial charge in [-0.1, -0.05) is 0 Å². The van der Waals surface area contributed by atoms with Gasteiger partial charge in [-0.15, -0.1) is 0 Å². The van der Waals surface area contributed by atoms with Crippen molar-refractivity contribution in [1.29, 1.82) is 0 Å². The number of nitrogen functional groups attached to an aromatic ring is 1. The molecule has 6 nitrogen and oxygen atoms in total. The molecule has 0 saturated heterocycles. The number of nitrogens with zero attached hydrogens (tertiary/aromatic N) is 3. The highest BCUT2D eigenvalue weighted by Gasteiger charge is 2.07. The van der Waals surface area contributed by atoms with E-state index in [1.807, 2.05) is 10.6 Å². The van der Waals surface area contributed by atoms with Crippen molar-refractivity contribution in [2.45, 2.75) is 26.3 Å². The third-order valence-electron chi connectivity index (χ3n) is 2.88. The summed E-state index contributed by atoms with van der Waals surface area (Å²) in [4.78, 5) is 19.5. The van der Waals surface area contributed by atoms with Crippen molar-refractivity contribution in [2.24, 2.45) is 0 Å². The molecule has 2 aromatic heterocycles. The average Bonchev–Trinajstić information content (AvgIpc) is 2.88. The second-order valence-electron chi connectivity index (χ2n) is 4.35. The molecule has 0 radical (unpaired) electrons. The summed E-state index contributed by atoms with van der Waals surface area (Å²) < 4.78 is 6.89. The normalized spacial score (nSPS) is 10.4. The molecule has 0 amide bonds. The lowest BCUT2D eigenvalue weighted by Gasteiger charge is -2.08. The Bertz CT molecular complexity index is 563. The largest absolute Gasteiger partial charge is 0.466 e. The minimum atomic E-state index is -0.164. The molecule has 0 aromatic carbocycles. The van der Waals surface area contributed by atoms with E-state index in [9.17, 15) is 4.79 Å². The van der Waals surface area contributed by atoms with E-state index >= 15 is 0 Å². The number of rotatable bonds is 6. The van der Waals surface area contributed by atoms with Gasteiger partial charge in [0.25, 0.3) is 0 Å². The molecule has 0 fully saturated rings. The topological polar surface area (TPSA) is 83.0 Å². The Morgan fingerprint density at radius 1 is 1.40 bits per heavy atom. The molecule has 2 heterocycles. The smallest absolute Gasteiger partial charge is 0.305 e. The van der Waals surface area contributed by atoms with Gasteiger partial charge in [0.2, 0.25) is 0 Å². The summed E-state index contributed by atoms with van der Waals surface area (Å²) in [5.41, 5.74) is 7.49. The van der Waals surface area contributed by atoms with Gasteiger partial charge in [-0.3, -0.25) is 4.79 Å². The summed E-state index contributed by atoms with van der Waals surface area (Å²) in [5.74, 6) is 0.324. The van der Waals surface area contributed by atoms with Crippen LogP contribution in [0, 0.1) is 0 Å². The molecule has 0 bridgehead atoms. The van der Waals surface area contributed by atoms with E-state index in [0.717, 1.165) is 11.3 Å². The van der Waals surface area contributed by atoms with Crippen LogP contribution in [0.5, 0.6) is 0 Å². The predicted octanol–water partition coefficient (Wildman–Crippen LogP) is 1.87. The van der Waals surface area contributed by atoms with Crippen LogP contribution in [-0.2, 0) is 16.1 Å². The molecule has 0 aliphatic carbocycles. The van der Waals surface area contributed by atoms with E-state index in [-0.39, 0.29) is 5.97 Å². The van der Waals surface area contributed by atoms with Crippen LogP contribution in [0.2, 0.25) is 0 Å². The molecule has 2 aromatic rings. The van der Waals surface area contributed by atoms with Crippen LogP contribution in [0.3, 0.4) is 0 Å². The number of ether oxygens (including phenoxy) is 1. The van der Waals surface area contributed by atoms with Crippen LogP contribution < -0.4 is 5.73 Å². The van der Waals surface area contributed by atoms with Gasteiger partial charge in [0.1, 0.15) is 5.82 Å². The number of anilines is 1. The first-order valence-electron chi connectivity index (χ1n) is 6.58. The maximum Gasteiger partial charge on any atom is 0.305 e. The molecule has 20 heavy (non-hydrogen) atoms. The Kier molecular flexibility index (Phi) is 4.70. The Balaban J connectivity index is 1.98. The van der Waals surface area contributed by atoms with E-state index < -0.39 is 0 Å². The summed E-state index contributed by atoms with van der Waals surface area (Å²) in [6.07, 6.45) is 6.36. The Morgan fingerprint density at radius 3 is 2.95 bits per heavy atom. The number of nitrogens with two attached hydrogens (primary N) is 1. The van der Waals surface area contributed by atoms with Gasteiger partial charge in [0.15, 0.2) is 0 Å². The first kappa shape index (κ1) is 14.0. The lowest BCUT2D eigenvalue weighted by Crippen LogP contribution is -2.06. The second kappa shape index (κ2) is 6.70. The maximum absolute atomic E-state index is 11.3. The summed E-state index contributed by atoms with van der Waals surface area (Å²) in [7, 11) is 0. The van der Waals surface area contributed by atoms with Gasteiger partial charge in [-0.2, -0.15) is 0 Å². The summed E-state index contributed by atoms with van der Waals surface area (Å²) in [5, 5.41) is 0. The van der Waals surface area contributed by atoms with E-state index in [4.69, 9.17) is 10.5 Å². The van der Waals surface area contributed by atoms with E-state index in [2.05, 4.69) is 9.97 Å². The summed E-state index contributed by atoms with van der Waals surface area (Å²) >= 11 is 0. The van der Waals surface area contributed by atoms with Crippen molar-refractivity contribution in [2.75, 3.05) is 12.3 Å². The molecule has 0 aliphatic heterocycles. The van der Waals surface area contributed by atoms with Crippen LogP contribution in [0.4, 0.5) is 5.82 Å². The molecule has 0 saturated carbocycles. The third-order valence-corrected chi connectivity index (χ3v) is 2.88. The van der Waals surface area contributed by atoms with Crippen molar-refractivity contribution in [1.82, 2.24) is 14.5 Å². The molecule has 0 unspecified atom stereocenters. The molecule has 0 spiro atoms. The number of aryl methyl sites for hydroxylation is 1. The van der Waals surface area contributed by atoms with Crippen LogP contribution >= 0.6 is 0 Å². The van der Waals surface area contributed by atoms with E-state index in [1.54, 1.807) is 31.7 Å². The molecular weight excluding hydrogens is 256 g/mol. The Morgan fingerprint density at radius 2 is 2.25 bits per heavy atom. The molecule has 2 rings (SSSR count). The van der Waals surface area contributed by atoms with Gasteiger partial charge in [-0.25, -0.2) is 9.97 Å². The van der Waals surface area contributed by atoms with E-state index in [1.165, 1.54) is 0 Å². The number of imidazole rings is 1. The minimum absolute atomic E-state index is 0.164. The van der Waals surface area contributed by atoms with Gasteiger partial charge in [0.05, 0.1) is 24.8 Å². The number of hydrogen-bond acceptors (Lipinski definition) is 5. The zero-order valence-electron chi connectivity index (χ0n) is 11.5. The van der Waals surface area contributed by atoms with Crippen LogP contribution in [0.15, 0.2) is 30.9 Å². The fourth-order valence-corrected chi connectivity index (χ4v) is 1.92. The SMILES string of the molecule is CCOC(=O)CCCn1cncc1-c1ccc(N)nc1. The number of hydrogen-bond donors (Lipinski definition) is 1. The first-order valence-corrected chi connectivity index (χ1v) is 6.58. The lowest BCUT2D eigenvalue weighted by molar-refractivity contribution is -0.143. The Hall–Kier alpha value is -2.37. The third kappa shape index (κ3) is 3.57. The Labute approximate surface area is 117 Å². The number of carbonyl (C=O) groups is 1. The zero-order valence-corrected chi connectivity index (χ0v) is 11.5. The average molecular weight is 274 g/mol. The van der Waals surface area contributed by atoms with Gasteiger partial charge < -0.3 is 15.0 Å². The molecular formula is C14H18N4O2. The molecule has 6 heteroatoms. The van der Waals surface area contributed by atoms with Crippen molar-refractivity contribution in [3.8, 4) is 11.3 Å². The molecule has 2 N–H and O–H groups in total. The monoisotopic (exact) mass is 274 g/mol. The molecule has 106 valence electrons. The van der Waals surface area contributed by atoms with Gasteiger partial charge >= 0.3 is 5.97 Å². The summed E-state index contributed by atoms with van der Waals surface area (Å²) in [6.45, 7) is 2.94. The second-order valence-corrected chi connectivity index (χ2v) is 4.35. The van der Waals surface area contributed by atoms with Crippen molar-refractivity contribution in [3.05, 3.63) is 30.9 Å². The van der Waals surface area contributed by atoms with Crippen LogP contribution in [-0.4, -0.2) is 27.1 Å². The minimum Gasteiger partial charge on any atom is -0.466 e. The van der Waals surface area contributed by atoms with Crippen molar-refractivity contribution >= 4 is 11.8 Å². The lowest BCUT2D eigenvalue weighted by atomic mass is 10.2. The highest BCUT2D eigenvalue weighted by atomic mass is 16.5. The standard InChI is InChI=1S/C14H18N4O2/c1-2-20-14(19)4-3-7-18-10-16-9-12(18)11-5-6-13(15)17-8-11/h5-6,8-10H,2-4,7H2,1H3,(H2,15,17). The number of pyridine rings is 1. The van der Waals surface area contributed by atoms with Crippen LogP contribution in [0.1, 0.15) is 19.8 Å². The molecule has 0 aliphatic rings. The quantitative estimate of drug-likeness (QED) is 0.813. The summed E-state index contributed by atoms with van der Waals surface area (Å²) in [6, 6.07) is 3.66. The van der Waals surface area contributed by atoms with Crippen LogP contribution in [0.25, 0.3) is 11.3 Å². The van der Waals surface area contributed by atoms with Crippen molar-refractivity contribution in [3.63, 3.8) is 0 Å². The highest BCUT2D eigenvalue weighted by molar-refractivity contribution is 5.69. The van der Waals surface area contributed by atoms with Crippen molar-refractivity contribution < 1.29 is 9.53 Å². The fourth-order valence-electron chi connectivity index (χ4n) is 1.92. The fraction of sp³-hybridized carbons (Fsp3) is 0.357. The van der Waals surface area contributed by atoms with E-state index in [0.29, 0.717) is 31.8 Å².